The molecule has 1 heterocycles. The molecular weight excluding hydrogens is 556 g/mol. The lowest BCUT2D eigenvalue weighted by Gasteiger charge is -2.23. The highest BCUT2D eigenvalue weighted by molar-refractivity contribution is 6.21. The van der Waals surface area contributed by atoms with Crippen LogP contribution in [0.5, 0.6) is 0 Å². The molecule has 2 heteroatoms. The minimum absolute atomic E-state index is 0.315. The maximum Gasteiger partial charge on any atom is 0.114 e. The first-order valence-corrected chi connectivity index (χ1v) is 15.8. The molecule has 0 unspecified atom stereocenters. The van der Waals surface area contributed by atoms with E-state index >= 15 is 0 Å². The number of hydrogen-bond donors (Lipinski definition) is 0. The van der Waals surface area contributed by atoms with Crippen LogP contribution in [0.3, 0.4) is 0 Å². The van der Waals surface area contributed by atoms with E-state index in [1.165, 1.54) is 0 Å². The van der Waals surface area contributed by atoms with Crippen LogP contribution in [0, 0.1) is 0 Å². The molecule has 0 atom stereocenters. The molecule has 0 bridgehead atoms. The molecule has 0 saturated carbocycles. The van der Waals surface area contributed by atoms with Crippen LogP contribution in [0.25, 0.3) is 71.6 Å². The minimum atomic E-state index is -2.84. The van der Waals surface area contributed by atoms with Crippen LogP contribution >= 0.6 is 0 Å². The monoisotopic (exact) mass is 596 g/mol. The van der Waals surface area contributed by atoms with Gasteiger partial charge in [-0.15, -0.1) is 0 Å². The first kappa shape index (κ1) is 21.3. The largest absolute Gasteiger partial charge is 0.296 e. The lowest BCUT2D eigenvalue weighted by molar-refractivity contribution is 0.660. The van der Waals surface area contributed by atoms with E-state index in [1.54, 1.807) is 12.1 Å². The Morgan fingerprint density at radius 3 is 1.89 bits per heavy atom. The Morgan fingerprint density at radius 1 is 0.587 bits per heavy atom. The third-order valence-electron chi connectivity index (χ3n) is 9.60. The van der Waals surface area contributed by atoms with Crippen molar-refractivity contribution in [2.45, 2.75) is 32.5 Å². The summed E-state index contributed by atoms with van der Waals surface area (Å²) in [4.78, 5) is 4.93. The van der Waals surface area contributed by atoms with E-state index in [2.05, 4.69) is 66.1 Å². The molecule has 0 spiro atoms. The summed E-state index contributed by atoms with van der Waals surface area (Å²) in [5, 5.41) is 4.07. The average molecular weight is 597 g/mol. The Hall–Kier alpha value is -5.47. The summed E-state index contributed by atoms with van der Waals surface area (Å²) in [6, 6.07) is 46.2. The summed E-state index contributed by atoms with van der Waals surface area (Å²) in [6.07, 6.45) is 0.788. The minimum Gasteiger partial charge on any atom is -0.296 e. The SMILES string of the molecule is [2H]C([2H])([2H])C1(C([2H])([2H])[2H])c2ccccc2-c2ccc(-c3c4ccccc4c(-c4cccc(-n5c(CC)nc6ccccc65)c4)c4ccccc34)cc21. The number of para-hydroxylation sites is 2. The highest BCUT2D eigenvalue weighted by Crippen LogP contribution is 2.51. The van der Waals surface area contributed by atoms with Crippen LogP contribution in [-0.2, 0) is 11.8 Å². The Bertz CT molecular complexity index is 2650. The zero-order chi connectivity index (χ0) is 36.0. The summed E-state index contributed by atoms with van der Waals surface area (Å²) >= 11 is 0. The van der Waals surface area contributed by atoms with Gasteiger partial charge in [0.15, 0.2) is 0 Å². The van der Waals surface area contributed by atoms with Crippen LogP contribution < -0.4 is 0 Å². The third kappa shape index (κ3) is 3.80. The molecule has 1 aliphatic carbocycles. The van der Waals surface area contributed by atoms with Crippen LogP contribution in [0.1, 0.15) is 45.8 Å². The number of aryl methyl sites for hydroxylation is 1. The normalized spacial score (nSPS) is 15.8. The fourth-order valence-corrected chi connectivity index (χ4v) is 7.59. The van der Waals surface area contributed by atoms with Gasteiger partial charge in [0.1, 0.15) is 5.82 Å². The van der Waals surface area contributed by atoms with Gasteiger partial charge in [-0.1, -0.05) is 130 Å². The van der Waals surface area contributed by atoms with Crippen molar-refractivity contribution < 1.29 is 8.22 Å². The van der Waals surface area contributed by atoms with Crippen molar-refractivity contribution in [3.8, 4) is 39.1 Å². The summed E-state index contributed by atoms with van der Waals surface area (Å²) in [5.74, 6) is 0.993. The maximum atomic E-state index is 8.76. The van der Waals surface area contributed by atoms with Crippen LogP contribution in [0.4, 0.5) is 0 Å². The van der Waals surface area contributed by atoms with Gasteiger partial charge in [0, 0.05) is 25.7 Å². The predicted molar refractivity (Wildman–Crippen MR) is 194 cm³/mol. The van der Waals surface area contributed by atoms with Gasteiger partial charge >= 0.3 is 0 Å². The predicted octanol–water partition coefficient (Wildman–Crippen LogP) is 11.5. The van der Waals surface area contributed by atoms with Crippen LogP contribution in [0.15, 0.2) is 140 Å². The number of hydrogen-bond acceptors (Lipinski definition) is 1. The van der Waals surface area contributed by atoms with E-state index in [0.717, 1.165) is 72.8 Å². The standard InChI is InChI=1S/C44H34N2/c1-4-41-45-39-22-11-12-23-40(39)46(41)30-15-13-14-28(26-30)42-33-17-5-7-19-35(33)43(36-20-8-6-18-34(36)42)29-24-25-32-31-16-9-10-21-37(31)44(2,3)38(32)27-29/h5-27H,4H2,1-3H3/i2D3,3D3. The quantitative estimate of drug-likeness (QED) is 0.185. The molecule has 0 aliphatic heterocycles. The molecule has 0 amide bonds. The Morgan fingerprint density at radius 2 is 1.20 bits per heavy atom. The molecular formula is C44H34N2. The van der Waals surface area contributed by atoms with Crippen molar-refractivity contribution in [1.82, 2.24) is 9.55 Å². The summed E-state index contributed by atoms with van der Waals surface area (Å²) in [6.45, 7) is -3.55. The lowest BCUT2D eigenvalue weighted by Crippen LogP contribution is -2.14. The van der Waals surface area contributed by atoms with Crippen molar-refractivity contribution >= 4 is 32.6 Å². The molecule has 1 aliphatic rings. The van der Waals surface area contributed by atoms with Crippen molar-refractivity contribution in [2.24, 2.45) is 0 Å². The van der Waals surface area contributed by atoms with Gasteiger partial charge < -0.3 is 0 Å². The fourth-order valence-electron chi connectivity index (χ4n) is 7.59. The summed E-state index contributed by atoms with van der Waals surface area (Å²) in [5.41, 5.74) is 6.67. The Kier molecular flexibility index (Phi) is 4.64. The Labute approximate surface area is 278 Å². The molecule has 0 fully saturated rings. The van der Waals surface area contributed by atoms with Crippen LogP contribution in [0.2, 0.25) is 0 Å². The van der Waals surface area contributed by atoms with Crippen LogP contribution in [-0.4, -0.2) is 9.55 Å². The number of imidazole rings is 1. The van der Waals surface area contributed by atoms with Crippen molar-refractivity contribution in [3.05, 3.63) is 156 Å². The average Bonchev–Trinajstić information content (AvgIpc) is 3.67. The van der Waals surface area contributed by atoms with Gasteiger partial charge in [0.25, 0.3) is 0 Å². The maximum absolute atomic E-state index is 8.76. The lowest BCUT2D eigenvalue weighted by atomic mass is 9.80. The smallest absolute Gasteiger partial charge is 0.114 e. The van der Waals surface area contributed by atoms with Gasteiger partial charge in [0.05, 0.1) is 11.0 Å². The summed E-state index contributed by atoms with van der Waals surface area (Å²) < 4.78 is 54.8. The second kappa shape index (κ2) is 10.0. The molecule has 0 radical (unpaired) electrons. The Balaban J connectivity index is 1.32. The molecule has 7 aromatic carbocycles. The third-order valence-corrected chi connectivity index (χ3v) is 9.60. The van der Waals surface area contributed by atoms with E-state index in [1.807, 2.05) is 72.8 Å². The number of fused-ring (bicyclic) bond motifs is 6. The summed E-state index contributed by atoms with van der Waals surface area (Å²) in [7, 11) is 0. The van der Waals surface area contributed by atoms with E-state index < -0.39 is 19.1 Å². The number of nitrogens with zero attached hydrogens (tertiary/aromatic N) is 2. The highest BCUT2D eigenvalue weighted by Gasteiger charge is 2.35. The van der Waals surface area contributed by atoms with Crippen molar-refractivity contribution in [3.63, 3.8) is 0 Å². The topological polar surface area (TPSA) is 17.8 Å². The molecule has 0 N–H and O–H groups in total. The molecule has 220 valence electrons. The van der Waals surface area contributed by atoms with E-state index in [0.29, 0.717) is 22.3 Å². The second-order valence-electron chi connectivity index (χ2n) is 12.2. The second-order valence-corrected chi connectivity index (χ2v) is 12.2. The highest BCUT2D eigenvalue weighted by atomic mass is 15.1. The van der Waals surface area contributed by atoms with E-state index in [-0.39, 0.29) is 0 Å². The van der Waals surface area contributed by atoms with E-state index in [9.17, 15) is 0 Å². The zero-order valence-electron chi connectivity index (χ0n) is 31.4. The number of benzene rings is 7. The van der Waals surface area contributed by atoms with E-state index in [4.69, 9.17) is 13.2 Å². The zero-order valence-corrected chi connectivity index (χ0v) is 25.4. The van der Waals surface area contributed by atoms with Gasteiger partial charge in [-0.3, -0.25) is 4.57 Å². The molecule has 46 heavy (non-hydrogen) atoms. The van der Waals surface area contributed by atoms with Gasteiger partial charge in [-0.05, 0) is 96.4 Å². The molecule has 1 aromatic heterocycles. The number of aromatic nitrogens is 2. The van der Waals surface area contributed by atoms with Gasteiger partial charge in [0.2, 0.25) is 0 Å². The molecule has 2 nitrogen and oxygen atoms in total. The molecule has 9 rings (SSSR count). The number of rotatable bonds is 4. The van der Waals surface area contributed by atoms with Gasteiger partial charge in [-0.2, -0.15) is 0 Å². The van der Waals surface area contributed by atoms with Gasteiger partial charge in [-0.25, -0.2) is 4.98 Å². The molecule has 0 saturated heterocycles. The van der Waals surface area contributed by atoms with Crippen molar-refractivity contribution in [2.75, 3.05) is 0 Å². The van der Waals surface area contributed by atoms with Crippen molar-refractivity contribution in [1.29, 1.82) is 0 Å². The first-order chi connectivity index (χ1) is 25.0. The first-order valence-electron chi connectivity index (χ1n) is 18.8. The fraction of sp³-hybridized carbons (Fsp3) is 0.114. The molecule has 8 aromatic rings.